The number of benzene rings is 1. The Morgan fingerprint density at radius 3 is 2.90 bits per heavy atom. The number of nitrogens with zero attached hydrogens (tertiary/aromatic N) is 1. The molecule has 1 heterocycles. The lowest BCUT2D eigenvalue weighted by Crippen LogP contribution is -2.57. The Hall–Kier alpha value is -0.580. The lowest BCUT2D eigenvalue weighted by molar-refractivity contribution is 0.0630. The first kappa shape index (κ1) is 15.8. The molecule has 1 fully saturated rings. The normalized spacial score (nSPS) is 20.9. The molecule has 1 saturated heterocycles. The van der Waals surface area contributed by atoms with E-state index in [0.717, 1.165) is 43.0 Å². The summed E-state index contributed by atoms with van der Waals surface area (Å²) in [5.41, 5.74) is 0.295. The molecule has 112 valence electrons. The van der Waals surface area contributed by atoms with Gasteiger partial charge in [-0.2, -0.15) is 0 Å². The molecule has 3 nitrogen and oxygen atoms in total. The van der Waals surface area contributed by atoms with Crippen molar-refractivity contribution in [1.29, 1.82) is 0 Å². The summed E-state index contributed by atoms with van der Waals surface area (Å²) in [6, 6.07) is 8.60. The van der Waals surface area contributed by atoms with Gasteiger partial charge in [0, 0.05) is 36.7 Å². The number of ether oxygens (including phenoxy) is 1. The van der Waals surface area contributed by atoms with Gasteiger partial charge in [-0.15, -0.1) is 0 Å². The second-order valence-electron chi connectivity index (χ2n) is 6.43. The topological polar surface area (TPSA) is 24.5 Å². The molecule has 0 radical (unpaired) electrons. The molecule has 1 unspecified atom stereocenters. The largest absolute Gasteiger partial charge is 0.492 e. The number of halogens is 1. The van der Waals surface area contributed by atoms with Gasteiger partial charge in [0.25, 0.3) is 0 Å². The number of hydrogen-bond acceptors (Lipinski definition) is 3. The lowest BCUT2D eigenvalue weighted by atomic mass is 9.84. The molecule has 0 aliphatic carbocycles. The van der Waals surface area contributed by atoms with Crippen molar-refractivity contribution in [2.45, 2.75) is 26.8 Å². The highest BCUT2D eigenvalue weighted by molar-refractivity contribution is 9.10. The molecular weight excluding hydrogens is 316 g/mol. The Morgan fingerprint density at radius 1 is 1.40 bits per heavy atom. The number of piperazine rings is 1. The fourth-order valence-electron chi connectivity index (χ4n) is 2.71. The first-order valence-corrected chi connectivity index (χ1v) is 8.09. The van der Waals surface area contributed by atoms with Crippen LogP contribution >= 0.6 is 15.9 Å². The summed E-state index contributed by atoms with van der Waals surface area (Å²) >= 11 is 3.47. The number of hydrogen-bond donors (Lipinski definition) is 1. The van der Waals surface area contributed by atoms with Gasteiger partial charge < -0.3 is 10.1 Å². The average molecular weight is 341 g/mol. The summed E-state index contributed by atoms with van der Waals surface area (Å²) in [6.45, 7) is 11.9. The van der Waals surface area contributed by atoms with Crippen molar-refractivity contribution in [2.75, 3.05) is 32.8 Å². The van der Waals surface area contributed by atoms with Crippen LogP contribution in [0.1, 0.15) is 20.8 Å². The molecule has 0 amide bonds. The Morgan fingerprint density at radius 2 is 2.20 bits per heavy atom. The van der Waals surface area contributed by atoms with Gasteiger partial charge in [-0.3, -0.25) is 4.90 Å². The predicted molar refractivity (Wildman–Crippen MR) is 87.3 cm³/mol. The monoisotopic (exact) mass is 340 g/mol. The molecule has 4 heteroatoms. The summed E-state index contributed by atoms with van der Waals surface area (Å²) in [5, 5.41) is 3.50. The number of rotatable bonds is 4. The van der Waals surface area contributed by atoms with Crippen molar-refractivity contribution in [1.82, 2.24) is 10.2 Å². The summed E-state index contributed by atoms with van der Waals surface area (Å²) in [7, 11) is 0. The molecule has 1 atom stereocenters. The lowest BCUT2D eigenvalue weighted by Gasteiger charge is -2.43. The smallest absolute Gasteiger partial charge is 0.120 e. The van der Waals surface area contributed by atoms with E-state index in [-0.39, 0.29) is 0 Å². The quantitative estimate of drug-likeness (QED) is 0.911. The van der Waals surface area contributed by atoms with Crippen LogP contribution in [0.2, 0.25) is 0 Å². The fourth-order valence-corrected chi connectivity index (χ4v) is 3.08. The van der Waals surface area contributed by atoms with Crippen LogP contribution in [0.5, 0.6) is 5.75 Å². The van der Waals surface area contributed by atoms with Crippen LogP contribution in [0.15, 0.2) is 28.7 Å². The first-order chi connectivity index (χ1) is 9.47. The second kappa shape index (κ2) is 6.92. The van der Waals surface area contributed by atoms with Gasteiger partial charge >= 0.3 is 0 Å². The molecular formula is C16H25BrN2O. The zero-order valence-electron chi connectivity index (χ0n) is 12.7. The third-order valence-corrected chi connectivity index (χ3v) is 4.29. The molecule has 2 rings (SSSR count). The van der Waals surface area contributed by atoms with Gasteiger partial charge in [0.1, 0.15) is 12.4 Å². The molecule has 1 aromatic carbocycles. The van der Waals surface area contributed by atoms with Crippen LogP contribution in [-0.2, 0) is 0 Å². The van der Waals surface area contributed by atoms with Crippen LogP contribution in [0, 0.1) is 5.41 Å². The number of nitrogens with one attached hydrogen (secondary N) is 1. The van der Waals surface area contributed by atoms with Gasteiger partial charge in [0.05, 0.1) is 0 Å². The molecule has 0 saturated carbocycles. The van der Waals surface area contributed by atoms with Crippen molar-refractivity contribution in [3.05, 3.63) is 28.7 Å². The minimum absolute atomic E-state index is 0.295. The van der Waals surface area contributed by atoms with Gasteiger partial charge in [0.2, 0.25) is 0 Å². The van der Waals surface area contributed by atoms with E-state index in [1.54, 1.807) is 0 Å². The van der Waals surface area contributed by atoms with Crippen molar-refractivity contribution in [3.8, 4) is 5.75 Å². The van der Waals surface area contributed by atoms with E-state index in [0.29, 0.717) is 11.5 Å². The second-order valence-corrected chi connectivity index (χ2v) is 7.34. The Kier molecular flexibility index (Phi) is 5.47. The SMILES string of the molecule is CC(C)(C)C1CNCCN1CCOc1cccc(Br)c1. The maximum absolute atomic E-state index is 5.86. The van der Waals surface area contributed by atoms with Crippen LogP contribution in [-0.4, -0.2) is 43.7 Å². The summed E-state index contributed by atoms with van der Waals surface area (Å²) in [4.78, 5) is 2.55. The van der Waals surface area contributed by atoms with E-state index in [1.807, 2.05) is 24.3 Å². The molecule has 0 spiro atoms. The zero-order chi connectivity index (χ0) is 14.6. The Balaban J connectivity index is 1.85. The van der Waals surface area contributed by atoms with Gasteiger partial charge in [-0.05, 0) is 23.6 Å². The molecule has 1 aliphatic heterocycles. The van der Waals surface area contributed by atoms with Gasteiger partial charge in [0.15, 0.2) is 0 Å². The highest BCUT2D eigenvalue weighted by atomic mass is 79.9. The Bertz CT molecular complexity index is 431. The van der Waals surface area contributed by atoms with Crippen molar-refractivity contribution < 1.29 is 4.74 Å². The fraction of sp³-hybridized carbons (Fsp3) is 0.625. The molecule has 1 aliphatic rings. The summed E-state index contributed by atoms with van der Waals surface area (Å²) < 4.78 is 6.92. The average Bonchev–Trinajstić information content (AvgIpc) is 2.38. The van der Waals surface area contributed by atoms with Gasteiger partial charge in [-0.1, -0.05) is 42.8 Å². The van der Waals surface area contributed by atoms with Crippen LogP contribution in [0.3, 0.4) is 0 Å². The summed E-state index contributed by atoms with van der Waals surface area (Å²) in [6.07, 6.45) is 0. The molecule has 20 heavy (non-hydrogen) atoms. The molecule has 1 aromatic rings. The zero-order valence-corrected chi connectivity index (χ0v) is 14.2. The van der Waals surface area contributed by atoms with E-state index in [9.17, 15) is 0 Å². The van der Waals surface area contributed by atoms with Crippen LogP contribution in [0.25, 0.3) is 0 Å². The highest BCUT2D eigenvalue weighted by Crippen LogP contribution is 2.25. The maximum Gasteiger partial charge on any atom is 0.120 e. The molecule has 0 aromatic heterocycles. The Labute approximate surface area is 130 Å². The van der Waals surface area contributed by atoms with Crippen LogP contribution in [0.4, 0.5) is 0 Å². The summed E-state index contributed by atoms with van der Waals surface area (Å²) in [5.74, 6) is 0.932. The van der Waals surface area contributed by atoms with E-state index in [1.165, 1.54) is 0 Å². The van der Waals surface area contributed by atoms with E-state index in [2.05, 4.69) is 46.9 Å². The third kappa shape index (κ3) is 4.47. The molecule has 1 N–H and O–H groups in total. The van der Waals surface area contributed by atoms with Crippen molar-refractivity contribution in [3.63, 3.8) is 0 Å². The first-order valence-electron chi connectivity index (χ1n) is 7.30. The van der Waals surface area contributed by atoms with Crippen molar-refractivity contribution in [2.24, 2.45) is 5.41 Å². The maximum atomic E-state index is 5.86. The van der Waals surface area contributed by atoms with E-state index < -0.39 is 0 Å². The van der Waals surface area contributed by atoms with Crippen molar-refractivity contribution >= 4 is 15.9 Å². The predicted octanol–water partition coefficient (Wildman–Crippen LogP) is 3.15. The standard InChI is InChI=1S/C16H25BrN2O/c1-16(2,3)15-12-18-7-8-19(15)9-10-20-14-6-4-5-13(17)11-14/h4-6,11,15,18H,7-10,12H2,1-3H3. The van der Waals surface area contributed by atoms with Crippen LogP contribution < -0.4 is 10.1 Å². The van der Waals surface area contributed by atoms with E-state index >= 15 is 0 Å². The third-order valence-electron chi connectivity index (χ3n) is 3.80. The minimum atomic E-state index is 0.295. The van der Waals surface area contributed by atoms with E-state index in [4.69, 9.17) is 4.74 Å². The minimum Gasteiger partial charge on any atom is -0.492 e. The highest BCUT2D eigenvalue weighted by Gasteiger charge is 2.31. The molecule has 0 bridgehead atoms. The van der Waals surface area contributed by atoms with Gasteiger partial charge in [-0.25, -0.2) is 0 Å².